The fourth-order valence-corrected chi connectivity index (χ4v) is 7.49. The lowest BCUT2D eigenvalue weighted by atomic mass is 9.93. The number of amides is 2. The smallest absolute Gasteiger partial charge is 0.378 e. The summed E-state index contributed by atoms with van der Waals surface area (Å²) >= 11 is 6.44. The first-order valence-electron chi connectivity index (χ1n) is 17.3. The number of alkyl halides is 7. The van der Waals surface area contributed by atoms with Crippen LogP contribution in [-0.4, -0.2) is 53.2 Å². The Bertz CT molecular complexity index is 2550. The maximum atomic E-state index is 15.4. The van der Waals surface area contributed by atoms with E-state index in [2.05, 4.69) is 32.3 Å². The van der Waals surface area contributed by atoms with Crippen LogP contribution in [0.2, 0.25) is 5.02 Å². The van der Waals surface area contributed by atoms with E-state index in [9.17, 15) is 45.4 Å². The topological polar surface area (TPSA) is 127 Å². The molecular formula is C38H29ClF9N7O3. The molecule has 10 nitrogen and oxygen atoms in total. The number of carbonyl (C=O) groups is 2. The zero-order valence-corrected chi connectivity index (χ0v) is 31.0. The molecule has 0 radical (unpaired) electrons. The maximum Gasteiger partial charge on any atom is 0.471 e. The van der Waals surface area contributed by atoms with Crippen molar-refractivity contribution >= 4 is 40.1 Å². The van der Waals surface area contributed by atoms with Gasteiger partial charge in [0, 0.05) is 35.7 Å². The highest BCUT2D eigenvalue weighted by Gasteiger charge is 2.67. The zero-order valence-electron chi connectivity index (χ0n) is 30.3. The molecular weight excluding hydrogens is 809 g/mol. The van der Waals surface area contributed by atoms with Gasteiger partial charge in [0.25, 0.3) is 12.3 Å². The number of aromatic nitrogens is 5. The van der Waals surface area contributed by atoms with Crippen LogP contribution in [0.5, 0.6) is 0 Å². The van der Waals surface area contributed by atoms with Crippen molar-refractivity contribution in [2.24, 2.45) is 13.0 Å². The van der Waals surface area contributed by atoms with E-state index in [0.717, 1.165) is 16.8 Å². The number of benzene rings is 2. The summed E-state index contributed by atoms with van der Waals surface area (Å²) in [5.41, 5.74) is -3.32. The highest BCUT2D eigenvalue weighted by atomic mass is 35.5. The Morgan fingerprint density at radius 1 is 1.03 bits per heavy atom. The molecule has 0 aliphatic heterocycles. The summed E-state index contributed by atoms with van der Waals surface area (Å²) in [4.78, 5) is 30.4. The van der Waals surface area contributed by atoms with Crippen LogP contribution in [0.4, 0.5) is 45.3 Å². The van der Waals surface area contributed by atoms with E-state index < -0.39 is 95.6 Å². The van der Waals surface area contributed by atoms with Crippen molar-refractivity contribution in [2.75, 3.05) is 5.32 Å². The Hall–Kier alpha value is -5.61. The molecule has 2 amide bonds. The molecule has 2 aliphatic rings. The molecule has 304 valence electrons. The molecule has 3 unspecified atom stereocenters. The molecule has 3 atom stereocenters. The second kappa shape index (κ2) is 14.3. The number of aryl methyl sites for hydroxylation is 1. The first-order chi connectivity index (χ1) is 27.0. The zero-order chi connectivity index (χ0) is 42.2. The molecule has 1 saturated carbocycles. The highest BCUT2D eigenvalue weighted by Crippen LogP contribution is 2.68. The number of anilines is 1. The number of nitrogens with zero attached hydrogens (tertiary/aromatic N) is 5. The van der Waals surface area contributed by atoms with E-state index in [0.29, 0.717) is 10.7 Å². The fraction of sp³-hybridized carbons (Fsp3) is 0.342. The Labute approximate surface area is 327 Å². The van der Waals surface area contributed by atoms with E-state index in [1.165, 1.54) is 45.2 Å². The average molecular weight is 838 g/mol. The molecule has 3 N–H and O–H groups in total. The third-order valence-corrected chi connectivity index (χ3v) is 9.94. The number of aliphatic hydroxyl groups is 1. The summed E-state index contributed by atoms with van der Waals surface area (Å²) < 4.78 is 129. The molecule has 20 heteroatoms. The van der Waals surface area contributed by atoms with Crippen LogP contribution in [-0.2, 0) is 35.5 Å². The van der Waals surface area contributed by atoms with Gasteiger partial charge in [-0.1, -0.05) is 23.6 Å². The number of hydrogen-bond donors (Lipinski definition) is 3. The molecule has 3 heterocycles. The molecule has 0 bridgehead atoms. The van der Waals surface area contributed by atoms with E-state index in [-0.39, 0.29) is 56.0 Å². The molecule has 0 spiro atoms. The first-order valence-corrected chi connectivity index (χ1v) is 17.7. The van der Waals surface area contributed by atoms with Crippen molar-refractivity contribution in [1.82, 2.24) is 29.9 Å². The predicted octanol–water partition coefficient (Wildman–Crippen LogP) is 7.63. The lowest BCUT2D eigenvalue weighted by Gasteiger charge is -2.23. The quantitative estimate of drug-likeness (QED) is 0.104. The van der Waals surface area contributed by atoms with Crippen molar-refractivity contribution in [3.05, 3.63) is 93.0 Å². The van der Waals surface area contributed by atoms with Gasteiger partial charge in [-0.15, -0.1) is 0 Å². The molecule has 2 aliphatic carbocycles. The van der Waals surface area contributed by atoms with Crippen LogP contribution in [0.25, 0.3) is 22.0 Å². The van der Waals surface area contributed by atoms with Crippen LogP contribution < -0.4 is 10.6 Å². The van der Waals surface area contributed by atoms with Crippen LogP contribution in [0.15, 0.2) is 42.5 Å². The van der Waals surface area contributed by atoms with Gasteiger partial charge < -0.3 is 15.7 Å². The summed E-state index contributed by atoms with van der Waals surface area (Å²) in [6.07, 6.45) is -8.96. The third-order valence-electron chi connectivity index (χ3n) is 9.63. The van der Waals surface area contributed by atoms with Crippen molar-refractivity contribution in [3.63, 3.8) is 0 Å². The summed E-state index contributed by atoms with van der Waals surface area (Å²) in [5, 5.41) is 22.1. The molecule has 1 fully saturated rings. The summed E-state index contributed by atoms with van der Waals surface area (Å²) in [6.45, 7) is 1.79. The van der Waals surface area contributed by atoms with Crippen LogP contribution in [0.3, 0.4) is 0 Å². The van der Waals surface area contributed by atoms with Gasteiger partial charge in [-0.3, -0.25) is 19.0 Å². The predicted molar refractivity (Wildman–Crippen MR) is 190 cm³/mol. The van der Waals surface area contributed by atoms with Crippen LogP contribution in [0.1, 0.15) is 72.6 Å². The van der Waals surface area contributed by atoms with Crippen molar-refractivity contribution in [2.45, 2.75) is 69.3 Å². The number of carbonyl (C=O) groups excluding carboxylic acids is 2. The van der Waals surface area contributed by atoms with Crippen molar-refractivity contribution in [3.8, 4) is 23.0 Å². The number of pyridine rings is 1. The number of fused-ring (bicyclic) bond motifs is 4. The minimum absolute atomic E-state index is 0.00997. The van der Waals surface area contributed by atoms with Gasteiger partial charge in [-0.2, -0.15) is 32.1 Å². The number of nitrogens with one attached hydrogen (secondary N) is 2. The monoisotopic (exact) mass is 837 g/mol. The van der Waals surface area contributed by atoms with Crippen molar-refractivity contribution < 1.29 is 54.2 Å². The minimum Gasteiger partial charge on any atom is -0.378 e. The van der Waals surface area contributed by atoms with E-state index in [1.807, 2.05) is 0 Å². The largest absolute Gasteiger partial charge is 0.471 e. The van der Waals surface area contributed by atoms with Gasteiger partial charge in [0.05, 0.1) is 27.7 Å². The molecule has 58 heavy (non-hydrogen) atoms. The second-order valence-corrected chi connectivity index (χ2v) is 14.9. The maximum absolute atomic E-state index is 15.4. The third kappa shape index (κ3) is 7.69. The van der Waals surface area contributed by atoms with Crippen LogP contribution in [0, 0.1) is 29.4 Å². The summed E-state index contributed by atoms with van der Waals surface area (Å²) in [7, 11) is 1.34. The van der Waals surface area contributed by atoms with Gasteiger partial charge in [-0.05, 0) is 74.4 Å². The Morgan fingerprint density at radius 3 is 2.34 bits per heavy atom. The van der Waals surface area contributed by atoms with Gasteiger partial charge in [-0.25, -0.2) is 22.5 Å². The summed E-state index contributed by atoms with van der Waals surface area (Å²) in [5.74, 6) is -6.28. The lowest BCUT2D eigenvalue weighted by Crippen LogP contribution is -2.35. The van der Waals surface area contributed by atoms with Gasteiger partial charge in [0.15, 0.2) is 5.82 Å². The fourth-order valence-electron chi connectivity index (χ4n) is 7.25. The van der Waals surface area contributed by atoms with E-state index >= 15 is 8.78 Å². The molecule has 2 aromatic carbocycles. The lowest BCUT2D eigenvalue weighted by molar-refractivity contribution is -0.167. The Kier molecular flexibility index (Phi) is 10.0. The Balaban J connectivity index is 1.38. The standard InChI is InChI=1S/C38H29ClF9N7O3/c1-36(2,58)9-8-19-4-5-20(21-6-7-24(39)28-31(21)54(3)53-34(28)51-35(57)38(46,47)48)29(49-19)25(12-16-10-17(40)13-18(41)11-16)50-26(56)15-55-32-27(30(52-55)33(42)43)22-14-23(22)37(32,44)45/h4-7,10-11,13,22-23,25,33,58H,12,14-15H2,1-3H3,(H,50,56)(H,51,53,57). The molecule has 5 aromatic rings. The number of halogens is 10. The van der Waals surface area contributed by atoms with Crippen LogP contribution >= 0.6 is 11.6 Å². The number of hydrogen-bond acceptors (Lipinski definition) is 6. The first kappa shape index (κ1) is 40.6. The summed E-state index contributed by atoms with van der Waals surface area (Å²) in [6, 6.07) is 6.63. The van der Waals surface area contributed by atoms with Gasteiger partial charge in [0.2, 0.25) is 5.91 Å². The molecule has 7 rings (SSSR count). The van der Waals surface area contributed by atoms with Gasteiger partial charge in [0.1, 0.15) is 40.9 Å². The highest BCUT2D eigenvalue weighted by molar-refractivity contribution is 6.37. The average Bonchev–Trinajstić information content (AvgIpc) is 3.65. The van der Waals surface area contributed by atoms with E-state index in [1.54, 1.807) is 5.32 Å². The van der Waals surface area contributed by atoms with E-state index in [4.69, 9.17) is 11.6 Å². The number of rotatable bonds is 9. The normalized spacial score (nSPS) is 17.4. The molecule has 3 aromatic heterocycles. The van der Waals surface area contributed by atoms with Crippen molar-refractivity contribution in [1.29, 1.82) is 0 Å². The minimum atomic E-state index is -5.29. The SMILES string of the molecule is Cn1nc(NC(=O)C(F)(F)F)c2c(Cl)ccc(-c3ccc(C#CC(C)(C)O)nc3C(Cc3cc(F)cc(F)c3)NC(=O)Cn3nc(C(F)F)c4c3C(F)(F)C3CC43)c21. The Morgan fingerprint density at radius 2 is 1.71 bits per heavy atom. The van der Waals surface area contributed by atoms with Gasteiger partial charge >= 0.3 is 12.1 Å². The molecule has 0 saturated heterocycles. The second-order valence-electron chi connectivity index (χ2n) is 14.5.